The standard InChI is InChI=1S/C37H54O10/c1-8-22(5)34(40)45-31-24(7)29(9-2)47-36(32(31)39)18-27-17-26(46-36)14-13-21(4)15-20(3)11-10-12-25-19-43-33-30(38)23(6)16-28(35(41)44-27)37(25,33)42/h10-13,16,20,22,24,26-33,38-39,42H,8-9,14-15,17-19H2,1-7H3/b11-10-,21-13-,25-12-/t20-,22?,24+,26+,27-,28-,29+,30+,31-,32+,33+,36-,37+/m0/s1. The van der Waals surface area contributed by atoms with Gasteiger partial charge in [-0.05, 0) is 56.6 Å². The van der Waals surface area contributed by atoms with E-state index >= 15 is 0 Å². The average molecular weight is 659 g/mol. The molecule has 0 radical (unpaired) electrons. The lowest BCUT2D eigenvalue weighted by molar-refractivity contribution is -0.385. The Hall–Kier alpha value is -2.34. The van der Waals surface area contributed by atoms with Gasteiger partial charge in [0.05, 0.1) is 24.7 Å². The smallest absolute Gasteiger partial charge is 0.316 e. The number of aliphatic hydroxyl groups is 3. The number of hydrogen-bond acceptors (Lipinski definition) is 10. The highest BCUT2D eigenvalue weighted by Crippen LogP contribution is 2.48. The number of allylic oxidation sites excluding steroid dienone is 4. The Kier molecular flexibility index (Phi) is 10.9. The topological polar surface area (TPSA) is 141 Å². The van der Waals surface area contributed by atoms with E-state index in [9.17, 15) is 24.9 Å². The minimum absolute atomic E-state index is 0.0125. The molecule has 1 spiro atoms. The first-order valence-corrected chi connectivity index (χ1v) is 17.4. The second-order valence-electron chi connectivity index (χ2n) is 14.6. The van der Waals surface area contributed by atoms with Gasteiger partial charge in [0.2, 0.25) is 5.79 Å². The molecule has 4 aliphatic heterocycles. The molecule has 4 heterocycles. The second-order valence-corrected chi connectivity index (χ2v) is 14.6. The lowest BCUT2D eigenvalue weighted by Crippen LogP contribution is -2.67. The monoisotopic (exact) mass is 658 g/mol. The van der Waals surface area contributed by atoms with Crippen molar-refractivity contribution in [3.8, 4) is 0 Å². The zero-order valence-electron chi connectivity index (χ0n) is 28.9. The van der Waals surface area contributed by atoms with Crippen LogP contribution in [0.2, 0.25) is 0 Å². The minimum Gasteiger partial charge on any atom is -0.462 e. The van der Waals surface area contributed by atoms with Crippen molar-refractivity contribution in [2.45, 2.75) is 141 Å². The van der Waals surface area contributed by atoms with Gasteiger partial charge in [-0.25, -0.2) is 0 Å². The van der Waals surface area contributed by atoms with Crippen LogP contribution in [0.3, 0.4) is 0 Å². The molecule has 13 atom stereocenters. The highest BCUT2D eigenvalue weighted by Gasteiger charge is 2.61. The van der Waals surface area contributed by atoms with Crippen molar-refractivity contribution < 1.29 is 48.6 Å². The maximum absolute atomic E-state index is 14.1. The molecule has 47 heavy (non-hydrogen) atoms. The Labute approximate surface area is 278 Å². The number of carbonyl (C=O) groups is 2. The Morgan fingerprint density at radius 2 is 1.89 bits per heavy atom. The fraction of sp³-hybridized carbons (Fsp3) is 0.730. The van der Waals surface area contributed by atoms with Crippen molar-refractivity contribution in [3.05, 3.63) is 47.1 Å². The number of esters is 2. The van der Waals surface area contributed by atoms with Crippen LogP contribution >= 0.6 is 0 Å². The van der Waals surface area contributed by atoms with E-state index in [-0.39, 0.29) is 42.9 Å². The number of fused-ring (bicyclic) bond motifs is 2. The maximum Gasteiger partial charge on any atom is 0.316 e. The van der Waals surface area contributed by atoms with E-state index in [2.05, 4.69) is 19.9 Å². The van der Waals surface area contributed by atoms with Crippen molar-refractivity contribution in [3.63, 3.8) is 0 Å². The molecule has 0 aromatic heterocycles. The van der Waals surface area contributed by atoms with Crippen molar-refractivity contribution in [1.29, 1.82) is 0 Å². The van der Waals surface area contributed by atoms with Gasteiger partial charge in [-0.2, -0.15) is 0 Å². The fourth-order valence-electron chi connectivity index (χ4n) is 7.86. The van der Waals surface area contributed by atoms with Gasteiger partial charge in [0, 0.05) is 18.8 Å². The van der Waals surface area contributed by atoms with Crippen LogP contribution in [-0.4, -0.2) is 88.0 Å². The van der Waals surface area contributed by atoms with Gasteiger partial charge in [-0.3, -0.25) is 9.59 Å². The number of ether oxygens (including phenoxy) is 5. The second kappa shape index (κ2) is 14.3. The summed E-state index contributed by atoms with van der Waals surface area (Å²) in [5, 5.41) is 35.1. The van der Waals surface area contributed by atoms with E-state index in [1.165, 1.54) is 0 Å². The molecule has 0 amide bonds. The molecule has 0 saturated carbocycles. The van der Waals surface area contributed by atoms with Crippen molar-refractivity contribution in [2.75, 3.05) is 6.61 Å². The first-order chi connectivity index (χ1) is 22.2. The molecule has 0 aromatic rings. The molecule has 2 bridgehead atoms. The lowest BCUT2D eigenvalue weighted by atomic mass is 9.71. The van der Waals surface area contributed by atoms with E-state index in [0.29, 0.717) is 36.8 Å². The molecule has 3 fully saturated rings. The molecular weight excluding hydrogens is 604 g/mol. The molecule has 10 nitrogen and oxygen atoms in total. The normalized spacial score (nSPS) is 46.2. The third-order valence-corrected chi connectivity index (χ3v) is 11.0. The van der Waals surface area contributed by atoms with E-state index < -0.39 is 59.9 Å². The molecule has 1 unspecified atom stereocenters. The van der Waals surface area contributed by atoms with Gasteiger partial charge in [-0.1, -0.05) is 70.6 Å². The first kappa shape index (κ1) is 36.0. The summed E-state index contributed by atoms with van der Waals surface area (Å²) in [5.41, 5.74) is 0.355. The Bertz CT molecular complexity index is 1300. The zero-order valence-corrected chi connectivity index (χ0v) is 28.9. The summed E-state index contributed by atoms with van der Waals surface area (Å²) < 4.78 is 31.4. The summed E-state index contributed by atoms with van der Waals surface area (Å²) in [5.74, 6) is -4.23. The zero-order chi connectivity index (χ0) is 34.3. The van der Waals surface area contributed by atoms with Gasteiger partial charge >= 0.3 is 11.9 Å². The van der Waals surface area contributed by atoms with E-state index in [1.54, 1.807) is 26.0 Å². The SMILES string of the molecule is CCC(C)C(=O)O[C@H]1[C@H](C)[C@@H](CC)O[C@@]2(C[C@@H]3C[C@@H](C/C=C(/C)C[C@@H](C)/C=C\C=C4\CO[C@@H]5[C@H](O)C(C)=C[C@@H](C(=O)O3)[C@]45O)O2)[C@@H]1O. The van der Waals surface area contributed by atoms with Gasteiger partial charge < -0.3 is 39.0 Å². The summed E-state index contributed by atoms with van der Waals surface area (Å²) in [6.07, 6.45) is 6.29. The van der Waals surface area contributed by atoms with Crippen LogP contribution in [0.4, 0.5) is 0 Å². The summed E-state index contributed by atoms with van der Waals surface area (Å²) in [4.78, 5) is 27.1. The van der Waals surface area contributed by atoms with Crippen molar-refractivity contribution in [1.82, 2.24) is 0 Å². The molecular formula is C37H54O10. The quantitative estimate of drug-likeness (QED) is 0.293. The lowest BCUT2D eigenvalue weighted by Gasteiger charge is -2.54. The third-order valence-electron chi connectivity index (χ3n) is 11.0. The Morgan fingerprint density at radius 3 is 2.60 bits per heavy atom. The summed E-state index contributed by atoms with van der Waals surface area (Å²) >= 11 is 0. The number of rotatable bonds is 4. The number of aliphatic hydroxyl groups excluding tert-OH is 2. The number of carbonyl (C=O) groups excluding carboxylic acids is 2. The van der Waals surface area contributed by atoms with Crippen LogP contribution in [0.15, 0.2) is 47.1 Å². The molecule has 10 heteroatoms. The summed E-state index contributed by atoms with van der Waals surface area (Å²) in [6.45, 7) is 13.5. The van der Waals surface area contributed by atoms with Crippen LogP contribution in [0.25, 0.3) is 0 Å². The Morgan fingerprint density at radius 1 is 1.15 bits per heavy atom. The van der Waals surface area contributed by atoms with Crippen molar-refractivity contribution >= 4 is 11.9 Å². The van der Waals surface area contributed by atoms with Gasteiger partial charge in [0.25, 0.3) is 0 Å². The molecule has 3 N–H and O–H groups in total. The minimum atomic E-state index is -1.81. The highest BCUT2D eigenvalue weighted by atomic mass is 16.7. The predicted molar refractivity (Wildman–Crippen MR) is 174 cm³/mol. The fourth-order valence-corrected chi connectivity index (χ4v) is 7.86. The predicted octanol–water partition coefficient (Wildman–Crippen LogP) is 4.46. The van der Waals surface area contributed by atoms with Crippen LogP contribution in [0.5, 0.6) is 0 Å². The summed E-state index contributed by atoms with van der Waals surface area (Å²) in [7, 11) is 0. The van der Waals surface area contributed by atoms with Gasteiger partial charge in [-0.15, -0.1) is 0 Å². The molecule has 5 aliphatic rings. The van der Waals surface area contributed by atoms with Crippen LogP contribution in [0, 0.1) is 23.7 Å². The average Bonchev–Trinajstić information content (AvgIpc) is 3.37. The summed E-state index contributed by atoms with van der Waals surface area (Å²) in [6, 6.07) is 0. The van der Waals surface area contributed by atoms with E-state index in [4.69, 9.17) is 23.7 Å². The van der Waals surface area contributed by atoms with Crippen molar-refractivity contribution in [2.24, 2.45) is 23.7 Å². The van der Waals surface area contributed by atoms with Crippen LogP contribution in [0.1, 0.15) is 87.0 Å². The van der Waals surface area contributed by atoms with Gasteiger partial charge in [0.15, 0.2) is 0 Å². The molecule has 3 saturated heterocycles. The van der Waals surface area contributed by atoms with E-state index in [0.717, 1.165) is 12.0 Å². The van der Waals surface area contributed by atoms with Gasteiger partial charge in [0.1, 0.15) is 42.0 Å². The maximum atomic E-state index is 14.1. The largest absolute Gasteiger partial charge is 0.462 e. The highest BCUT2D eigenvalue weighted by molar-refractivity contribution is 5.78. The molecule has 5 rings (SSSR count). The van der Waals surface area contributed by atoms with Crippen LogP contribution < -0.4 is 0 Å². The Balaban J connectivity index is 1.54. The first-order valence-electron chi connectivity index (χ1n) is 17.4. The van der Waals surface area contributed by atoms with Crippen LogP contribution in [-0.2, 0) is 33.3 Å². The number of hydrogen-bond donors (Lipinski definition) is 3. The van der Waals surface area contributed by atoms with E-state index in [1.807, 2.05) is 32.9 Å². The molecule has 1 aliphatic carbocycles. The third kappa shape index (κ3) is 6.92. The molecule has 0 aromatic carbocycles. The molecule has 262 valence electrons.